The zero-order valence-electron chi connectivity index (χ0n) is 14.7. The standard InChI is InChI=1S/C20H22Cl2N2O2/c1-2-13-6-9-17(23-12-13)19(14-7-8-15(21)16(22)11-14)24-10-4-3-5-18(24)20(25)26/h6-9,11-12,18-19H,2-5,10H2,1H3,(H,25,26). The smallest absolute Gasteiger partial charge is 0.320 e. The molecule has 0 saturated carbocycles. The Morgan fingerprint density at radius 1 is 1.27 bits per heavy atom. The lowest BCUT2D eigenvalue weighted by Gasteiger charge is -2.39. The molecule has 0 aliphatic carbocycles. The Kier molecular flexibility index (Phi) is 6.17. The molecular formula is C20H22Cl2N2O2. The Bertz CT molecular complexity index is 780. The summed E-state index contributed by atoms with van der Waals surface area (Å²) in [5.41, 5.74) is 2.88. The van der Waals surface area contributed by atoms with Gasteiger partial charge in [-0.15, -0.1) is 0 Å². The van der Waals surface area contributed by atoms with Gasteiger partial charge in [0.1, 0.15) is 6.04 Å². The maximum atomic E-state index is 11.8. The van der Waals surface area contributed by atoms with E-state index in [1.165, 1.54) is 0 Å². The highest BCUT2D eigenvalue weighted by Gasteiger charge is 2.35. The third kappa shape index (κ3) is 4.03. The molecule has 1 aliphatic rings. The minimum Gasteiger partial charge on any atom is -0.480 e. The fraction of sp³-hybridized carbons (Fsp3) is 0.400. The van der Waals surface area contributed by atoms with Crippen LogP contribution in [0.1, 0.15) is 49.0 Å². The van der Waals surface area contributed by atoms with Crippen molar-refractivity contribution >= 4 is 29.2 Å². The summed E-state index contributed by atoms with van der Waals surface area (Å²) in [6.07, 6.45) is 5.30. The van der Waals surface area contributed by atoms with E-state index in [1.807, 2.05) is 35.4 Å². The first-order valence-electron chi connectivity index (χ1n) is 8.89. The number of carboxylic acids is 1. The first-order valence-corrected chi connectivity index (χ1v) is 9.65. The second-order valence-corrected chi connectivity index (χ2v) is 7.42. The second-order valence-electron chi connectivity index (χ2n) is 6.61. The highest BCUT2D eigenvalue weighted by molar-refractivity contribution is 6.42. The van der Waals surface area contributed by atoms with E-state index in [-0.39, 0.29) is 6.04 Å². The number of aromatic nitrogens is 1. The number of pyridine rings is 1. The minimum atomic E-state index is -0.792. The Hall–Kier alpha value is -1.62. The van der Waals surface area contributed by atoms with Gasteiger partial charge in [0.2, 0.25) is 0 Å². The van der Waals surface area contributed by atoms with Gasteiger partial charge in [-0.2, -0.15) is 0 Å². The van der Waals surface area contributed by atoms with Gasteiger partial charge in [0.25, 0.3) is 0 Å². The fourth-order valence-corrected chi connectivity index (χ4v) is 3.86. The van der Waals surface area contributed by atoms with Crippen molar-refractivity contribution in [1.82, 2.24) is 9.88 Å². The molecule has 1 fully saturated rings. The summed E-state index contributed by atoms with van der Waals surface area (Å²) in [6.45, 7) is 2.79. The first kappa shape index (κ1) is 19.2. The molecule has 0 radical (unpaired) electrons. The number of halogens is 2. The molecule has 0 spiro atoms. The molecule has 1 saturated heterocycles. The van der Waals surface area contributed by atoms with E-state index < -0.39 is 12.0 Å². The Morgan fingerprint density at radius 2 is 2.08 bits per heavy atom. The van der Waals surface area contributed by atoms with E-state index in [2.05, 4.69) is 11.9 Å². The number of piperidine rings is 1. The van der Waals surface area contributed by atoms with Crippen LogP contribution in [0, 0.1) is 0 Å². The molecule has 1 aliphatic heterocycles. The van der Waals surface area contributed by atoms with E-state index in [1.54, 1.807) is 6.07 Å². The molecule has 3 rings (SSSR count). The zero-order valence-corrected chi connectivity index (χ0v) is 16.2. The normalized spacial score (nSPS) is 19.3. The van der Waals surface area contributed by atoms with Crippen molar-refractivity contribution in [3.05, 3.63) is 63.4 Å². The number of benzene rings is 1. The van der Waals surface area contributed by atoms with E-state index in [0.29, 0.717) is 23.0 Å². The minimum absolute atomic E-state index is 0.267. The molecule has 1 N–H and O–H groups in total. The van der Waals surface area contributed by atoms with Crippen molar-refractivity contribution in [2.45, 2.75) is 44.7 Å². The molecule has 2 aromatic rings. The van der Waals surface area contributed by atoms with Crippen LogP contribution < -0.4 is 0 Å². The number of carboxylic acid groups (broad SMARTS) is 1. The second kappa shape index (κ2) is 8.38. The number of likely N-dealkylation sites (tertiary alicyclic amines) is 1. The van der Waals surface area contributed by atoms with E-state index in [4.69, 9.17) is 23.2 Å². The summed E-state index contributed by atoms with van der Waals surface area (Å²) in [6, 6.07) is 8.71. The molecule has 6 heteroatoms. The zero-order chi connectivity index (χ0) is 18.7. The van der Waals surface area contributed by atoms with Crippen LogP contribution in [0.15, 0.2) is 36.5 Å². The number of carbonyl (C=O) groups is 1. The predicted octanol–water partition coefficient (Wildman–Crippen LogP) is 4.98. The van der Waals surface area contributed by atoms with E-state index in [0.717, 1.165) is 36.1 Å². The van der Waals surface area contributed by atoms with Crippen LogP contribution in [0.2, 0.25) is 10.0 Å². The lowest BCUT2D eigenvalue weighted by molar-refractivity contribution is -0.145. The number of rotatable bonds is 5. The average molecular weight is 393 g/mol. The Labute approximate surface area is 163 Å². The van der Waals surface area contributed by atoms with Gasteiger partial charge < -0.3 is 5.11 Å². The molecule has 4 nitrogen and oxygen atoms in total. The van der Waals surface area contributed by atoms with Crippen molar-refractivity contribution in [3.8, 4) is 0 Å². The number of hydrogen-bond donors (Lipinski definition) is 1. The SMILES string of the molecule is CCc1ccc(C(c2ccc(Cl)c(Cl)c2)N2CCCCC2C(=O)O)nc1. The molecule has 1 aromatic carbocycles. The Morgan fingerprint density at radius 3 is 2.69 bits per heavy atom. The largest absolute Gasteiger partial charge is 0.480 e. The van der Waals surface area contributed by atoms with Gasteiger partial charge in [0.15, 0.2) is 0 Å². The fourth-order valence-electron chi connectivity index (χ4n) is 3.55. The van der Waals surface area contributed by atoms with E-state index >= 15 is 0 Å². The number of nitrogens with zero attached hydrogens (tertiary/aromatic N) is 2. The third-order valence-electron chi connectivity index (χ3n) is 4.96. The maximum absolute atomic E-state index is 11.8. The lowest BCUT2D eigenvalue weighted by atomic mass is 9.94. The van der Waals surface area contributed by atoms with Gasteiger partial charge in [-0.3, -0.25) is 14.7 Å². The Balaban J connectivity index is 2.07. The molecule has 2 unspecified atom stereocenters. The lowest BCUT2D eigenvalue weighted by Crippen LogP contribution is -2.47. The molecule has 138 valence electrons. The molecule has 0 bridgehead atoms. The van der Waals surface area contributed by atoms with Gasteiger partial charge in [0.05, 0.1) is 21.8 Å². The van der Waals surface area contributed by atoms with Gasteiger partial charge in [-0.25, -0.2) is 0 Å². The topological polar surface area (TPSA) is 53.4 Å². The molecule has 26 heavy (non-hydrogen) atoms. The molecule has 2 heterocycles. The van der Waals surface area contributed by atoms with Crippen molar-refractivity contribution in [2.24, 2.45) is 0 Å². The summed E-state index contributed by atoms with van der Waals surface area (Å²) in [7, 11) is 0. The molecular weight excluding hydrogens is 371 g/mol. The summed E-state index contributed by atoms with van der Waals surface area (Å²) >= 11 is 12.3. The van der Waals surface area contributed by atoms with Crippen LogP contribution in [0.25, 0.3) is 0 Å². The highest BCUT2D eigenvalue weighted by atomic mass is 35.5. The number of aryl methyl sites for hydroxylation is 1. The third-order valence-corrected chi connectivity index (χ3v) is 5.70. The van der Waals surface area contributed by atoms with Crippen LogP contribution in [-0.2, 0) is 11.2 Å². The van der Waals surface area contributed by atoms with Gasteiger partial charge in [-0.05, 0) is 55.1 Å². The maximum Gasteiger partial charge on any atom is 0.320 e. The quantitative estimate of drug-likeness (QED) is 0.779. The van der Waals surface area contributed by atoms with Crippen LogP contribution in [0.4, 0.5) is 0 Å². The van der Waals surface area contributed by atoms with E-state index in [9.17, 15) is 9.90 Å². The van der Waals surface area contributed by atoms with Crippen LogP contribution in [0.5, 0.6) is 0 Å². The average Bonchev–Trinajstić information content (AvgIpc) is 2.65. The molecule has 2 atom stereocenters. The van der Waals surface area contributed by atoms with Crippen LogP contribution >= 0.6 is 23.2 Å². The van der Waals surface area contributed by atoms with Crippen molar-refractivity contribution in [2.75, 3.05) is 6.54 Å². The summed E-state index contributed by atoms with van der Waals surface area (Å²) < 4.78 is 0. The summed E-state index contributed by atoms with van der Waals surface area (Å²) in [5, 5.41) is 10.7. The monoisotopic (exact) mass is 392 g/mol. The first-order chi connectivity index (χ1) is 12.5. The van der Waals surface area contributed by atoms with Crippen LogP contribution in [-0.4, -0.2) is 33.5 Å². The summed E-state index contributed by atoms with van der Waals surface area (Å²) in [5.74, 6) is -0.792. The van der Waals surface area contributed by atoms with Crippen molar-refractivity contribution in [3.63, 3.8) is 0 Å². The number of aliphatic carboxylic acids is 1. The van der Waals surface area contributed by atoms with Gasteiger partial charge in [0, 0.05) is 6.20 Å². The van der Waals surface area contributed by atoms with Gasteiger partial charge in [-0.1, -0.05) is 48.7 Å². The van der Waals surface area contributed by atoms with Crippen molar-refractivity contribution < 1.29 is 9.90 Å². The highest BCUT2D eigenvalue weighted by Crippen LogP contribution is 2.36. The number of hydrogen-bond acceptors (Lipinski definition) is 3. The summed E-state index contributed by atoms with van der Waals surface area (Å²) in [4.78, 5) is 18.5. The predicted molar refractivity (Wildman–Crippen MR) is 104 cm³/mol. The van der Waals surface area contributed by atoms with Crippen molar-refractivity contribution in [1.29, 1.82) is 0 Å². The van der Waals surface area contributed by atoms with Gasteiger partial charge >= 0.3 is 5.97 Å². The molecule has 1 aromatic heterocycles. The van der Waals surface area contributed by atoms with Crippen LogP contribution in [0.3, 0.4) is 0 Å². The molecule has 0 amide bonds.